The van der Waals surface area contributed by atoms with Gasteiger partial charge >= 0.3 is 0 Å². The van der Waals surface area contributed by atoms with E-state index >= 15 is 0 Å². The smallest absolute Gasteiger partial charge is 0.237 e. The third-order valence-electron chi connectivity index (χ3n) is 3.59. The SMILES string of the molecule is CC(C)(O)C(C)(C)NC(=O)[C@@H]1CCCCN1. The highest BCUT2D eigenvalue weighted by atomic mass is 16.3. The van der Waals surface area contributed by atoms with Crippen LogP contribution in [-0.4, -0.2) is 34.7 Å². The number of rotatable bonds is 3. The zero-order valence-corrected chi connectivity index (χ0v) is 10.8. The lowest BCUT2D eigenvalue weighted by molar-refractivity contribution is -0.128. The monoisotopic (exact) mass is 228 g/mol. The number of hydrogen-bond donors (Lipinski definition) is 3. The van der Waals surface area contributed by atoms with Gasteiger partial charge in [-0.3, -0.25) is 4.79 Å². The van der Waals surface area contributed by atoms with Crippen molar-refractivity contribution in [2.45, 2.75) is 64.1 Å². The van der Waals surface area contributed by atoms with E-state index in [0.717, 1.165) is 25.8 Å². The molecular formula is C12H24N2O2. The Morgan fingerprint density at radius 2 is 1.94 bits per heavy atom. The normalized spacial score (nSPS) is 22.9. The number of nitrogens with one attached hydrogen (secondary N) is 2. The van der Waals surface area contributed by atoms with Crippen molar-refractivity contribution in [3.05, 3.63) is 0 Å². The average Bonchev–Trinajstić information content (AvgIpc) is 2.16. The van der Waals surface area contributed by atoms with E-state index in [9.17, 15) is 9.90 Å². The molecule has 0 bridgehead atoms. The molecule has 4 heteroatoms. The molecule has 1 atom stereocenters. The number of amides is 1. The standard InChI is InChI=1S/C12H24N2O2/c1-11(2,12(3,4)16)14-10(15)9-7-5-6-8-13-9/h9,13,16H,5-8H2,1-4H3,(H,14,15)/t9-/m0/s1. The quantitative estimate of drug-likeness (QED) is 0.669. The van der Waals surface area contributed by atoms with Gasteiger partial charge in [-0.05, 0) is 47.1 Å². The minimum Gasteiger partial charge on any atom is -0.388 e. The fraction of sp³-hybridized carbons (Fsp3) is 0.917. The third kappa shape index (κ3) is 3.19. The molecule has 1 fully saturated rings. The number of carbonyl (C=O) groups is 1. The number of piperidine rings is 1. The van der Waals surface area contributed by atoms with Crippen LogP contribution < -0.4 is 10.6 Å². The lowest BCUT2D eigenvalue weighted by Crippen LogP contribution is -2.61. The Hall–Kier alpha value is -0.610. The summed E-state index contributed by atoms with van der Waals surface area (Å²) in [5, 5.41) is 16.1. The van der Waals surface area contributed by atoms with Gasteiger partial charge in [0.2, 0.25) is 5.91 Å². The zero-order valence-electron chi connectivity index (χ0n) is 10.8. The fourth-order valence-corrected chi connectivity index (χ4v) is 1.62. The van der Waals surface area contributed by atoms with Crippen molar-refractivity contribution in [1.29, 1.82) is 0 Å². The molecule has 1 heterocycles. The van der Waals surface area contributed by atoms with E-state index in [4.69, 9.17) is 0 Å². The molecule has 1 saturated heterocycles. The van der Waals surface area contributed by atoms with E-state index in [1.54, 1.807) is 13.8 Å². The number of hydrogen-bond acceptors (Lipinski definition) is 3. The lowest BCUT2D eigenvalue weighted by Gasteiger charge is -2.39. The molecule has 0 radical (unpaired) electrons. The van der Waals surface area contributed by atoms with Gasteiger partial charge in [-0.15, -0.1) is 0 Å². The van der Waals surface area contributed by atoms with Crippen LogP contribution in [-0.2, 0) is 4.79 Å². The van der Waals surface area contributed by atoms with E-state index in [1.165, 1.54) is 0 Å². The summed E-state index contributed by atoms with van der Waals surface area (Å²) in [5.74, 6) is -0.00757. The van der Waals surface area contributed by atoms with E-state index < -0.39 is 11.1 Å². The third-order valence-corrected chi connectivity index (χ3v) is 3.59. The molecule has 4 nitrogen and oxygen atoms in total. The van der Waals surface area contributed by atoms with Crippen LogP contribution in [0.3, 0.4) is 0 Å². The van der Waals surface area contributed by atoms with Crippen LogP contribution in [0.4, 0.5) is 0 Å². The lowest BCUT2D eigenvalue weighted by atomic mass is 9.85. The summed E-state index contributed by atoms with van der Waals surface area (Å²) in [6, 6.07) is -0.102. The first-order valence-corrected chi connectivity index (χ1v) is 6.02. The molecule has 0 aliphatic carbocycles. The summed E-state index contributed by atoms with van der Waals surface area (Å²) in [5.41, 5.74) is -1.56. The van der Waals surface area contributed by atoms with E-state index in [-0.39, 0.29) is 11.9 Å². The molecule has 0 aromatic carbocycles. The summed E-state index contributed by atoms with van der Waals surface area (Å²) in [7, 11) is 0. The molecular weight excluding hydrogens is 204 g/mol. The number of carbonyl (C=O) groups excluding carboxylic acids is 1. The Kier molecular flexibility index (Phi) is 3.97. The maximum atomic E-state index is 12.0. The second-order valence-corrected chi connectivity index (χ2v) is 5.68. The predicted molar refractivity (Wildman–Crippen MR) is 64.2 cm³/mol. The number of aliphatic hydroxyl groups is 1. The van der Waals surface area contributed by atoms with Crippen molar-refractivity contribution in [1.82, 2.24) is 10.6 Å². The molecule has 1 aliphatic heterocycles. The van der Waals surface area contributed by atoms with Gasteiger partial charge in [0.25, 0.3) is 0 Å². The minimum atomic E-state index is -0.933. The maximum absolute atomic E-state index is 12.0. The van der Waals surface area contributed by atoms with Crippen molar-refractivity contribution in [3.8, 4) is 0 Å². The Morgan fingerprint density at radius 1 is 1.31 bits per heavy atom. The Balaban J connectivity index is 2.56. The fourth-order valence-electron chi connectivity index (χ4n) is 1.62. The van der Waals surface area contributed by atoms with Crippen LogP contribution in [0.1, 0.15) is 47.0 Å². The molecule has 1 amide bonds. The van der Waals surface area contributed by atoms with E-state index in [0.29, 0.717) is 0 Å². The van der Waals surface area contributed by atoms with Crippen LogP contribution in [0.5, 0.6) is 0 Å². The molecule has 0 aromatic rings. The Morgan fingerprint density at radius 3 is 2.38 bits per heavy atom. The highest BCUT2D eigenvalue weighted by molar-refractivity contribution is 5.82. The maximum Gasteiger partial charge on any atom is 0.237 e. The first kappa shape index (κ1) is 13.5. The highest BCUT2D eigenvalue weighted by Gasteiger charge is 2.37. The molecule has 1 rings (SSSR count). The Labute approximate surface area is 97.8 Å². The first-order chi connectivity index (χ1) is 7.24. The van der Waals surface area contributed by atoms with Crippen molar-refractivity contribution >= 4 is 5.91 Å². The largest absolute Gasteiger partial charge is 0.388 e. The van der Waals surface area contributed by atoms with E-state index in [1.807, 2.05) is 13.8 Å². The van der Waals surface area contributed by atoms with Gasteiger partial charge in [0.05, 0.1) is 17.2 Å². The van der Waals surface area contributed by atoms with Crippen LogP contribution in [0, 0.1) is 0 Å². The van der Waals surface area contributed by atoms with Crippen LogP contribution >= 0.6 is 0 Å². The second-order valence-electron chi connectivity index (χ2n) is 5.68. The van der Waals surface area contributed by atoms with Crippen molar-refractivity contribution in [2.75, 3.05) is 6.54 Å². The zero-order chi connectivity index (χ0) is 12.4. The van der Waals surface area contributed by atoms with Gasteiger partial charge < -0.3 is 15.7 Å². The summed E-state index contributed by atoms with van der Waals surface area (Å²) >= 11 is 0. The van der Waals surface area contributed by atoms with Gasteiger partial charge in [-0.2, -0.15) is 0 Å². The van der Waals surface area contributed by atoms with E-state index in [2.05, 4.69) is 10.6 Å². The molecule has 94 valence electrons. The second kappa shape index (κ2) is 4.72. The molecule has 16 heavy (non-hydrogen) atoms. The first-order valence-electron chi connectivity index (χ1n) is 6.02. The summed E-state index contributed by atoms with van der Waals surface area (Å²) in [6.45, 7) is 8.01. The molecule has 0 aromatic heterocycles. The molecule has 3 N–H and O–H groups in total. The van der Waals surface area contributed by atoms with Gasteiger partial charge in [-0.25, -0.2) is 0 Å². The van der Waals surface area contributed by atoms with Crippen molar-refractivity contribution in [2.24, 2.45) is 0 Å². The highest BCUT2D eigenvalue weighted by Crippen LogP contribution is 2.21. The van der Waals surface area contributed by atoms with Crippen LogP contribution in [0.15, 0.2) is 0 Å². The van der Waals surface area contributed by atoms with Crippen LogP contribution in [0.2, 0.25) is 0 Å². The Bertz CT molecular complexity index is 250. The van der Waals surface area contributed by atoms with Gasteiger partial charge in [0.1, 0.15) is 0 Å². The van der Waals surface area contributed by atoms with Gasteiger partial charge in [0, 0.05) is 0 Å². The molecule has 0 unspecified atom stereocenters. The molecule has 0 saturated carbocycles. The predicted octanol–water partition coefficient (Wildman–Crippen LogP) is 0.794. The topological polar surface area (TPSA) is 61.4 Å². The van der Waals surface area contributed by atoms with Gasteiger partial charge in [-0.1, -0.05) is 6.42 Å². The van der Waals surface area contributed by atoms with Crippen molar-refractivity contribution < 1.29 is 9.90 Å². The van der Waals surface area contributed by atoms with Crippen LogP contribution in [0.25, 0.3) is 0 Å². The van der Waals surface area contributed by atoms with Gasteiger partial charge in [0.15, 0.2) is 0 Å². The summed E-state index contributed by atoms with van der Waals surface area (Å²) < 4.78 is 0. The average molecular weight is 228 g/mol. The summed E-state index contributed by atoms with van der Waals surface area (Å²) in [6.07, 6.45) is 3.11. The van der Waals surface area contributed by atoms with Crippen molar-refractivity contribution in [3.63, 3.8) is 0 Å². The molecule has 1 aliphatic rings. The molecule has 0 spiro atoms. The summed E-state index contributed by atoms with van der Waals surface area (Å²) in [4.78, 5) is 12.0. The minimum absolute atomic E-state index is 0.00757.